The Morgan fingerprint density at radius 1 is 0.714 bits per heavy atom. The van der Waals surface area contributed by atoms with Crippen LogP contribution in [0.5, 0.6) is 0 Å². The molecule has 2 heterocycles. The second-order valence-corrected chi connectivity index (χ2v) is 3.93. The summed E-state index contributed by atoms with van der Waals surface area (Å²) < 4.78 is 17.0. The molecule has 11 heteroatoms. The van der Waals surface area contributed by atoms with Crippen molar-refractivity contribution in [2.24, 2.45) is 0 Å². The Morgan fingerprint density at radius 2 is 1.00 bits per heavy atom. The van der Waals surface area contributed by atoms with Crippen LogP contribution in [-0.4, -0.2) is 9.97 Å². The summed E-state index contributed by atoms with van der Waals surface area (Å²) in [6, 6.07) is 11.6. The van der Waals surface area contributed by atoms with Crippen LogP contribution in [0.4, 0.5) is 0 Å². The molecule has 0 aliphatic carbocycles. The molecule has 0 aromatic carbocycles. The van der Waals surface area contributed by atoms with Crippen molar-refractivity contribution < 1.29 is 49.8 Å². The molecule has 0 saturated carbocycles. The Kier molecular flexibility index (Phi) is 15.3. The summed E-state index contributed by atoms with van der Waals surface area (Å²) in [7, 11) is -7.26. The number of aromatic nitrogens is 2. The van der Waals surface area contributed by atoms with Gasteiger partial charge in [0.2, 0.25) is 0 Å². The van der Waals surface area contributed by atoms with Crippen molar-refractivity contribution in [1.29, 1.82) is 0 Å². The fraction of sp³-hybridized carbons (Fsp3) is 0. The molecule has 2 rings (SSSR count). The summed E-state index contributed by atoms with van der Waals surface area (Å²) in [6.07, 6.45) is 3.54. The van der Waals surface area contributed by atoms with Gasteiger partial charge in [-0.1, -0.05) is 28.6 Å². The van der Waals surface area contributed by atoms with Crippen molar-refractivity contribution in [3.8, 4) is 11.4 Å². The first kappa shape index (κ1) is 22.6. The van der Waals surface area contributed by atoms with Gasteiger partial charge in [0, 0.05) is 12.4 Å². The van der Waals surface area contributed by atoms with Gasteiger partial charge in [-0.05, 0) is 24.3 Å². The van der Waals surface area contributed by atoms with Gasteiger partial charge in [0.05, 0.1) is 11.4 Å². The van der Waals surface area contributed by atoms with Crippen molar-refractivity contribution >= 4 is 16.5 Å². The van der Waals surface area contributed by atoms with Crippen LogP contribution < -0.4 is 19.6 Å². The summed E-state index contributed by atoms with van der Waals surface area (Å²) in [5, 5.41) is 0. The zero-order valence-corrected chi connectivity index (χ0v) is 14.6. The van der Waals surface area contributed by atoms with Gasteiger partial charge >= 0.3 is 21.1 Å². The smallest absolute Gasteiger partial charge is 0.813 e. The van der Waals surface area contributed by atoms with E-state index in [9.17, 15) is 0 Å². The molecule has 0 spiro atoms. The average Bonchev–Trinajstić information content (AvgIpc) is 2.39. The summed E-state index contributed by atoms with van der Waals surface area (Å²) in [5.41, 5.74) is 1.83. The van der Waals surface area contributed by atoms with Crippen molar-refractivity contribution in [3.63, 3.8) is 0 Å². The van der Waals surface area contributed by atoms with Gasteiger partial charge in [-0.15, -0.1) is 0 Å². The Balaban J connectivity index is 0. The van der Waals surface area contributed by atoms with Crippen LogP contribution in [0.3, 0.4) is 0 Å². The second-order valence-electron chi connectivity index (χ2n) is 2.93. The first-order chi connectivity index (χ1) is 9.43. The van der Waals surface area contributed by atoms with Crippen LogP contribution in [0.1, 0.15) is 0 Å². The van der Waals surface area contributed by atoms with Crippen molar-refractivity contribution in [1.82, 2.24) is 9.97 Å². The Hall–Kier alpha value is -0.712. The van der Waals surface area contributed by atoms with Gasteiger partial charge in [0.1, 0.15) is 0 Å². The molecular formula is C10H10N2O6P2Pt. The molecule has 0 saturated heterocycles. The van der Waals surface area contributed by atoms with Gasteiger partial charge in [0.15, 0.2) is 0 Å². The maximum atomic E-state index is 8.52. The van der Waals surface area contributed by atoms with E-state index in [1.165, 1.54) is 0 Å². The molecule has 116 valence electrons. The predicted octanol–water partition coefficient (Wildman–Crippen LogP) is -1.67. The quantitative estimate of drug-likeness (QED) is 0.413. The minimum atomic E-state index is -3.63. The van der Waals surface area contributed by atoms with Crippen molar-refractivity contribution in [2.75, 3.05) is 0 Å². The van der Waals surface area contributed by atoms with E-state index in [0.717, 1.165) is 11.4 Å². The standard InChI is InChI=1S/C10H8N2.2H3O3P.Pt/c1-3-7-11-9(5-1)10-6-2-4-8-12-10;2*1-4(2)3;/h1-8H;2*4H,(H2,1,2,3);/q;;;+4/p-4. The van der Waals surface area contributed by atoms with Crippen molar-refractivity contribution in [3.05, 3.63) is 48.8 Å². The summed E-state index contributed by atoms with van der Waals surface area (Å²) in [5.74, 6) is 0. The van der Waals surface area contributed by atoms with Crippen LogP contribution >= 0.6 is 16.5 Å². The minimum absolute atomic E-state index is 0. The van der Waals surface area contributed by atoms with E-state index in [1.807, 2.05) is 36.4 Å². The van der Waals surface area contributed by atoms with Crippen LogP contribution in [0.15, 0.2) is 48.8 Å². The molecule has 0 aliphatic rings. The topological polar surface area (TPSA) is 152 Å². The Labute approximate surface area is 136 Å². The summed E-state index contributed by atoms with van der Waals surface area (Å²) in [6.45, 7) is 0. The molecule has 0 N–H and O–H groups in total. The molecule has 0 fully saturated rings. The van der Waals surface area contributed by atoms with E-state index in [1.54, 1.807) is 12.4 Å². The molecule has 2 aromatic rings. The first-order valence-electron chi connectivity index (χ1n) is 5.02. The number of nitrogens with zero attached hydrogens (tertiary/aromatic N) is 2. The first-order valence-corrected chi connectivity index (χ1v) is 7.47. The number of hydrogen-bond donors (Lipinski definition) is 0. The maximum Gasteiger partial charge on any atom is 4.00 e. The van der Waals surface area contributed by atoms with E-state index in [-0.39, 0.29) is 21.1 Å². The van der Waals surface area contributed by atoms with Crippen LogP contribution in [0.2, 0.25) is 0 Å². The van der Waals surface area contributed by atoms with E-state index in [4.69, 9.17) is 28.7 Å². The Bertz CT molecular complexity index is 474. The third-order valence-electron chi connectivity index (χ3n) is 1.59. The number of rotatable bonds is 1. The van der Waals surface area contributed by atoms with Gasteiger partial charge in [-0.25, -0.2) is 0 Å². The number of pyridine rings is 2. The normalized spacial score (nSPS) is 8.86. The molecule has 2 aromatic heterocycles. The average molecular weight is 511 g/mol. The fourth-order valence-electron chi connectivity index (χ4n) is 1.03. The Morgan fingerprint density at radius 3 is 1.19 bits per heavy atom. The van der Waals surface area contributed by atoms with Gasteiger partial charge in [-0.3, -0.25) is 9.97 Å². The van der Waals surface area contributed by atoms with Gasteiger partial charge < -0.3 is 28.7 Å². The van der Waals surface area contributed by atoms with Gasteiger partial charge in [0.25, 0.3) is 0 Å². The molecular weight excluding hydrogens is 501 g/mol. The molecule has 0 bridgehead atoms. The molecule has 0 aliphatic heterocycles. The SMILES string of the molecule is O=[PH]([O-])[O-].O=[PH]([O-])[O-].[Pt+4].c1ccc(-c2ccccn2)nc1. The molecule has 0 radical (unpaired) electrons. The van der Waals surface area contributed by atoms with Crippen LogP contribution in [0.25, 0.3) is 11.4 Å². The fourth-order valence-corrected chi connectivity index (χ4v) is 1.03. The molecule has 0 atom stereocenters. The third-order valence-corrected chi connectivity index (χ3v) is 1.59. The third kappa shape index (κ3) is 15.5. The van der Waals surface area contributed by atoms with Crippen LogP contribution in [0, 0.1) is 0 Å². The van der Waals surface area contributed by atoms with E-state index in [2.05, 4.69) is 9.97 Å². The van der Waals surface area contributed by atoms with E-state index < -0.39 is 16.5 Å². The van der Waals surface area contributed by atoms with Crippen molar-refractivity contribution in [2.45, 2.75) is 0 Å². The summed E-state index contributed by atoms with van der Waals surface area (Å²) >= 11 is 0. The molecule has 21 heavy (non-hydrogen) atoms. The minimum Gasteiger partial charge on any atom is -0.813 e. The van der Waals surface area contributed by atoms with E-state index in [0.29, 0.717) is 0 Å². The second kappa shape index (κ2) is 14.2. The predicted molar refractivity (Wildman–Crippen MR) is 65.5 cm³/mol. The monoisotopic (exact) mass is 511 g/mol. The number of hydrogen-bond acceptors (Lipinski definition) is 8. The van der Waals surface area contributed by atoms with Gasteiger partial charge in [-0.2, -0.15) is 0 Å². The zero-order chi connectivity index (χ0) is 15.4. The molecule has 0 unspecified atom stereocenters. The van der Waals surface area contributed by atoms with Crippen LogP contribution in [-0.2, 0) is 30.2 Å². The maximum absolute atomic E-state index is 8.52. The zero-order valence-electron chi connectivity index (χ0n) is 10.3. The molecule has 0 amide bonds. The van der Waals surface area contributed by atoms with E-state index >= 15 is 0 Å². The molecule has 8 nitrogen and oxygen atoms in total. The largest absolute Gasteiger partial charge is 4.00 e. The summed E-state index contributed by atoms with van der Waals surface area (Å²) in [4.78, 5) is 42.4.